The van der Waals surface area contributed by atoms with Gasteiger partial charge in [0.1, 0.15) is 5.82 Å². The summed E-state index contributed by atoms with van der Waals surface area (Å²) in [4.78, 5) is 13.7. The molecular weight excluding hydrogens is 511 g/mol. The van der Waals surface area contributed by atoms with Crippen molar-refractivity contribution in [3.63, 3.8) is 0 Å². The number of hydrogen-bond acceptors (Lipinski definition) is 4. The lowest BCUT2D eigenvalue weighted by molar-refractivity contribution is 0.270. The van der Waals surface area contributed by atoms with Crippen molar-refractivity contribution in [2.45, 2.75) is 19.9 Å². The lowest BCUT2D eigenvalue weighted by Gasteiger charge is -2.34. The Morgan fingerprint density at radius 3 is 2.60 bits per heavy atom. The van der Waals surface area contributed by atoms with E-state index in [-0.39, 0.29) is 24.0 Å². The lowest BCUT2D eigenvalue weighted by Crippen LogP contribution is -2.46. The largest absolute Gasteiger partial charge is 0.356 e. The molecular formula is C22H32ClIN6. The lowest BCUT2D eigenvalue weighted by atomic mass is 10.1. The van der Waals surface area contributed by atoms with Crippen LogP contribution in [0, 0.1) is 0 Å². The molecule has 0 radical (unpaired) electrons. The average Bonchev–Trinajstić information content (AvgIpc) is 2.76. The van der Waals surface area contributed by atoms with E-state index in [4.69, 9.17) is 11.6 Å². The molecule has 8 heteroatoms. The van der Waals surface area contributed by atoms with Gasteiger partial charge in [-0.3, -0.25) is 4.99 Å². The maximum atomic E-state index is 6.05. The summed E-state index contributed by atoms with van der Waals surface area (Å²) < 4.78 is 0. The van der Waals surface area contributed by atoms with E-state index in [1.165, 1.54) is 11.1 Å². The molecule has 0 saturated carbocycles. The van der Waals surface area contributed by atoms with Crippen LogP contribution in [0.2, 0.25) is 5.02 Å². The van der Waals surface area contributed by atoms with Gasteiger partial charge in [0, 0.05) is 57.5 Å². The number of aromatic nitrogens is 1. The molecule has 0 aliphatic carbocycles. The number of aliphatic imine (C=N–C) groups is 1. The molecule has 2 aromatic rings. The number of likely N-dealkylation sites (N-methyl/N-ethyl adjacent to an activating group) is 1. The fourth-order valence-corrected chi connectivity index (χ4v) is 3.67. The van der Waals surface area contributed by atoms with Crippen molar-refractivity contribution in [3.8, 4) is 0 Å². The summed E-state index contributed by atoms with van der Waals surface area (Å²) in [7, 11) is 1.79. The van der Waals surface area contributed by atoms with Gasteiger partial charge in [-0.05, 0) is 48.4 Å². The van der Waals surface area contributed by atoms with E-state index in [1.54, 1.807) is 7.05 Å². The summed E-state index contributed by atoms with van der Waals surface area (Å²) in [5, 5.41) is 7.52. The topological polar surface area (TPSA) is 55.8 Å². The first-order valence-electron chi connectivity index (χ1n) is 10.3. The number of nitrogens with one attached hydrogen (secondary N) is 2. The number of piperazine rings is 1. The minimum Gasteiger partial charge on any atom is -0.356 e. The summed E-state index contributed by atoms with van der Waals surface area (Å²) in [6.45, 7) is 9.11. The highest BCUT2D eigenvalue weighted by atomic mass is 127. The van der Waals surface area contributed by atoms with Crippen molar-refractivity contribution in [1.82, 2.24) is 20.5 Å². The summed E-state index contributed by atoms with van der Waals surface area (Å²) in [6.07, 6.45) is 2.79. The zero-order valence-electron chi connectivity index (χ0n) is 17.8. The highest BCUT2D eigenvalue weighted by Gasteiger charge is 2.16. The van der Waals surface area contributed by atoms with Gasteiger partial charge >= 0.3 is 0 Å². The van der Waals surface area contributed by atoms with Crippen LogP contribution in [0.15, 0.2) is 47.6 Å². The van der Waals surface area contributed by atoms with Gasteiger partial charge in [-0.15, -0.1) is 24.0 Å². The number of halogens is 2. The van der Waals surface area contributed by atoms with Crippen molar-refractivity contribution >= 4 is 47.4 Å². The Labute approximate surface area is 202 Å². The van der Waals surface area contributed by atoms with Gasteiger partial charge in [0.25, 0.3) is 0 Å². The quantitative estimate of drug-likeness (QED) is 0.319. The summed E-state index contributed by atoms with van der Waals surface area (Å²) in [5.74, 6) is 1.85. The van der Waals surface area contributed by atoms with Crippen molar-refractivity contribution in [3.05, 3.63) is 58.7 Å². The zero-order chi connectivity index (χ0) is 20.5. The predicted molar refractivity (Wildman–Crippen MR) is 137 cm³/mol. The normalized spacial score (nSPS) is 14.9. The van der Waals surface area contributed by atoms with E-state index in [0.29, 0.717) is 6.54 Å². The number of guanidine groups is 1. The molecule has 1 aliphatic heterocycles. The van der Waals surface area contributed by atoms with E-state index >= 15 is 0 Å². The maximum Gasteiger partial charge on any atom is 0.191 e. The fraction of sp³-hybridized carbons (Fsp3) is 0.455. The van der Waals surface area contributed by atoms with Crippen LogP contribution < -0.4 is 15.5 Å². The predicted octanol–water partition coefficient (Wildman–Crippen LogP) is 3.40. The van der Waals surface area contributed by atoms with Gasteiger partial charge in [0.05, 0.1) is 0 Å². The van der Waals surface area contributed by atoms with Crippen LogP contribution in [0.1, 0.15) is 18.1 Å². The third kappa shape index (κ3) is 7.59. The van der Waals surface area contributed by atoms with E-state index in [2.05, 4.69) is 55.5 Å². The molecule has 0 spiro atoms. The molecule has 2 N–H and O–H groups in total. The molecule has 1 saturated heterocycles. The SMILES string of the molecule is CCN1CCN(c2cc(CNC(=NC)NCCc3cccc(Cl)c3)ccn2)CC1.I. The Bertz CT molecular complexity index is 808. The Morgan fingerprint density at radius 2 is 1.90 bits per heavy atom. The first kappa shape index (κ1) is 24.7. The summed E-state index contributed by atoms with van der Waals surface area (Å²) >= 11 is 6.05. The number of rotatable bonds is 7. The average molecular weight is 543 g/mol. The number of hydrogen-bond donors (Lipinski definition) is 2. The van der Waals surface area contributed by atoms with Crippen molar-refractivity contribution in [2.24, 2.45) is 4.99 Å². The Kier molecular flexibility index (Phi) is 10.7. The summed E-state index contributed by atoms with van der Waals surface area (Å²) in [5.41, 5.74) is 2.41. The maximum absolute atomic E-state index is 6.05. The minimum absolute atomic E-state index is 0. The molecule has 0 amide bonds. The van der Waals surface area contributed by atoms with Gasteiger partial charge < -0.3 is 20.4 Å². The van der Waals surface area contributed by atoms with Crippen LogP contribution in [0.25, 0.3) is 0 Å². The second-order valence-corrected chi connectivity index (χ2v) is 7.61. The van der Waals surface area contributed by atoms with Gasteiger partial charge in [0.2, 0.25) is 0 Å². The van der Waals surface area contributed by atoms with E-state index in [1.807, 2.05) is 24.4 Å². The van der Waals surface area contributed by atoms with Crippen molar-refractivity contribution in [2.75, 3.05) is 51.2 Å². The van der Waals surface area contributed by atoms with Gasteiger partial charge in [-0.2, -0.15) is 0 Å². The van der Waals surface area contributed by atoms with Crippen LogP contribution in [0.5, 0.6) is 0 Å². The molecule has 164 valence electrons. The monoisotopic (exact) mass is 542 g/mol. The third-order valence-electron chi connectivity index (χ3n) is 5.23. The van der Waals surface area contributed by atoms with Crippen LogP contribution in [0.3, 0.4) is 0 Å². The van der Waals surface area contributed by atoms with Crippen LogP contribution in [0.4, 0.5) is 5.82 Å². The molecule has 3 rings (SSSR count). The molecule has 1 fully saturated rings. The smallest absolute Gasteiger partial charge is 0.191 e. The Hall–Kier alpha value is -1.58. The molecule has 0 atom stereocenters. The molecule has 1 aromatic heterocycles. The number of anilines is 1. The van der Waals surface area contributed by atoms with E-state index in [0.717, 1.165) is 62.5 Å². The third-order valence-corrected chi connectivity index (χ3v) is 5.47. The molecule has 0 bridgehead atoms. The highest BCUT2D eigenvalue weighted by Crippen LogP contribution is 2.15. The molecule has 30 heavy (non-hydrogen) atoms. The fourth-order valence-electron chi connectivity index (χ4n) is 3.46. The Balaban J connectivity index is 0.00000320. The van der Waals surface area contributed by atoms with E-state index < -0.39 is 0 Å². The minimum atomic E-state index is 0. The molecule has 0 unspecified atom stereocenters. The number of pyridine rings is 1. The standard InChI is InChI=1S/C22H31ClN6.HI/c1-3-28-11-13-29(14-12-28)21-16-19(8-9-25-21)17-27-22(24-2)26-10-7-18-5-4-6-20(23)15-18;/h4-6,8-9,15-16H,3,7,10-14,17H2,1-2H3,(H2,24,26,27);1H. The molecule has 2 heterocycles. The Morgan fingerprint density at radius 1 is 1.10 bits per heavy atom. The second kappa shape index (κ2) is 13.0. The van der Waals surface area contributed by atoms with E-state index in [9.17, 15) is 0 Å². The number of nitrogens with zero attached hydrogens (tertiary/aromatic N) is 4. The summed E-state index contributed by atoms with van der Waals surface area (Å²) in [6, 6.07) is 12.2. The van der Waals surface area contributed by atoms with Gasteiger partial charge in [-0.1, -0.05) is 30.7 Å². The molecule has 1 aromatic carbocycles. The van der Waals surface area contributed by atoms with Crippen molar-refractivity contribution < 1.29 is 0 Å². The second-order valence-electron chi connectivity index (χ2n) is 7.18. The highest BCUT2D eigenvalue weighted by molar-refractivity contribution is 14.0. The number of benzene rings is 1. The van der Waals surface area contributed by atoms with Crippen molar-refractivity contribution in [1.29, 1.82) is 0 Å². The first-order chi connectivity index (χ1) is 14.2. The molecule has 1 aliphatic rings. The molecule has 6 nitrogen and oxygen atoms in total. The zero-order valence-corrected chi connectivity index (χ0v) is 20.9. The van der Waals surface area contributed by atoms with Crippen LogP contribution in [-0.2, 0) is 13.0 Å². The first-order valence-corrected chi connectivity index (χ1v) is 10.7. The van der Waals surface area contributed by atoms with Gasteiger partial charge in [0.15, 0.2) is 5.96 Å². The van der Waals surface area contributed by atoms with Crippen LogP contribution >= 0.6 is 35.6 Å². The van der Waals surface area contributed by atoms with Gasteiger partial charge in [-0.25, -0.2) is 4.98 Å². The van der Waals surface area contributed by atoms with Crippen LogP contribution in [-0.4, -0.2) is 62.2 Å².